The Balaban J connectivity index is 1.82. The van der Waals surface area contributed by atoms with Crippen LogP contribution in [0.3, 0.4) is 0 Å². The van der Waals surface area contributed by atoms with Crippen LogP contribution in [0.2, 0.25) is 0 Å². The number of hydrogen-bond acceptors (Lipinski definition) is 3. The summed E-state index contributed by atoms with van der Waals surface area (Å²) in [5, 5.41) is 5.92. The minimum atomic E-state index is 0.0605. The molecule has 0 bridgehead atoms. The van der Waals surface area contributed by atoms with E-state index in [1.807, 2.05) is 6.92 Å². The zero-order valence-electron chi connectivity index (χ0n) is 8.84. The average Bonchev–Trinajstić information content (AvgIpc) is 2.96. The van der Waals surface area contributed by atoms with Gasteiger partial charge >= 0.3 is 0 Å². The van der Waals surface area contributed by atoms with E-state index in [9.17, 15) is 4.79 Å². The smallest absolute Gasteiger partial charge is 0.234 e. The fourth-order valence-corrected chi connectivity index (χ4v) is 1.18. The lowest BCUT2D eigenvalue weighted by molar-refractivity contribution is -0.120. The number of hydrogen-bond donors (Lipinski definition) is 2. The summed E-state index contributed by atoms with van der Waals surface area (Å²) >= 11 is 0. The van der Waals surface area contributed by atoms with E-state index in [0.717, 1.165) is 12.5 Å². The van der Waals surface area contributed by atoms with E-state index in [1.54, 1.807) is 0 Å². The van der Waals surface area contributed by atoms with E-state index in [4.69, 9.17) is 4.74 Å². The Kier molecular flexibility index (Phi) is 5.56. The van der Waals surface area contributed by atoms with Crippen molar-refractivity contribution in [2.24, 2.45) is 5.92 Å². The van der Waals surface area contributed by atoms with E-state index in [-0.39, 0.29) is 5.91 Å². The fraction of sp³-hybridized carbons (Fsp3) is 0.900. The SMILES string of the molecule is CCOCCNC(=O)CNCC1CC1. The number of carbonyl (C=O) groups is 1. The molecule has 1 saturated carbocycles. The van der Waals surface area contributed by atoms with E-state index in [0.29, 0.717) is 26.3 Å². The molecule has 1 rings (SSSR count). The van der Waals surface area contributed by atoms with Crippen molar-refractivity contribution in [3.63, 3.8) is 0 Å². The quantitative estimate of drug-likeness (QED) is 0.548. The maximum Gasteiger partial charge on any atom is 0.234 e. The molecule has 0 radical (unpaired) electrons. The summed E-state index contributed by atoms with van der Waals surface area (Å²) in [5.41, 5.74) is 0. The van der Waals surface area contributed by atoms with Gasteiger partial charge in [-0.25, -0.2) is 0 Å². The van der Waals surface area contributed by atoms with Gasteiger partial charge in [0.05, 0.1) is 13.2 Å². The van der Waals surface area contributed by atoms with Gasteiger partial charge in [0.25, 0.3) is 0 Å². The van der Waals surface area contributed by atoms with Crippen LogP contribution in [-0.4, -0.2) is 38.8 Å². The third kappa shape index (κ3) is 5.94. The summed E-state index contributed by atoms with van der Waals surface area (Å²) in [6.45, 7) is 5.28. The molecule has 1 fully saturated rings. The molecular formula is C10H20N2O2. The standard InChI is InChI=1S/C10H20N2O2/c1-2-14-6-5-12-10(13)8-11-7-9-3-4-9/h9,11H,2-8H2,1H3,(H,12,13). The van der Waals surface area contributed by atoms with Gasteiger partial charge in [-0.05, 0) is 32.2 Å². The van der Waals surface area contributed by atoms with Crippen LogP contribution in [-0.2, 0) is 9.53 Å². The van der Waals surface area contributed by atoms with Crippen LogP contribution in [0.1, 0.15) is 19.8 Å². The highest BCUT2D eigenvalue weighted by Crippen LogP contribution is 2.27. The monoisotopic (exact) mass is 200 g/mol. The zero-order chi connectivity index (χ0) is 10.2. The molecule has 0 atom stereocenters. The molecule has 1 amide bonds. The summed E-state index contributed by atoms with van der Waals surface area (Å²) in [6, 6.07) is 0. The average molecular weight is 200 g/mol. The Morgan fingerprint density at radius 2 is 2.29 bits per heavy atom. The maximum absolute atomic E-state index is 11.2. The van der Waals surface area contributed by atoms with E-state index in [2.05, 4.69) is 10.6 Å². The first-order valence-electron chi connectivity index (χ1n) is 5.38. The van der Waals surface area contributed by atoms with Crippen molar-refractivity contribution in [1.29, 1.82) is 0 Å². The van der Waals surface area contributed by atoms with E-state index < -0.39 is 0 Å². The molecule has 0 heterocycles. The lowest BCUT2D eigenvalue weighted by Crippen LogP contribution is -2.36. The molecule has 0 aromatic rings. The largest absolute Gasteiger partial charge is 0.380 e. The molecule has 0 unspecified atom stereocenters. The number of ether oxygens (including phenoxy) is 1. The van der Waals surface area contributed by atoms with Crippen LogP contribution < -0.4 is 10.6 Å². The van der Waals surface area contributed by atoms with Gasteiger partial charge in [0.2, 0.25) is 5.91 Å². The first-order chi connectivity index (χ1) is 6.83. The van der Waals surface area contributed by atoms with Gasteiger partial charge in [0, 0.05) is 13.2 Å². The maximum atomic E-state index is 11.2. The molecule has 0 spiro atoms. The predicted molar refractivity (Wildman–Crippen MR) is 55.1 cm³/mol. The Bertz CT molecular complexity index is 170. The normalized spacial score (nSPS) is 15.5. The van der Waals surface area contributed by atoms with Gasteiger partial charge < -0.3 is 15.4 Å². The molecule has 4 heteroatoms. The topological polar surface area (TPSA) is 50.4 Å². The van der Waals surface area contributed by atoms with Crippen molar-refractivity contribution in [1.82, 2.24) is 10.6 Å². The van der Waals surface area contributed by atoms with Gasteiger partial charge in [-0.3, -0.25) is 4.79 Å². The van der Waals surface area contributed by atoms with Gasteiger partial charge in [0.15, 0.2) is 0 Å². The van der Waals surface area contributed by atoms with Gasteiger partial charge in [-0.2, -0.15) is 0 Å². The summed E-state index contributed by atoms with van der Waals surface area (Å²) in [6.07, 6.45) is 2.64. The number of amides is 1. The predicted octanol–water partition coefficient (Wildman–Crippen LogP) is 0.139. The fourth-order valence-electron chi connectivity index (χ4n) is 1.18. The first-order valence-corrected chi connectivity index (χ1v) is 5.38. The molecule has 2 N–H and O–H groups in total. The molecule has 4 nitrogen and oxygen atoms in total. The molecule has 1 aliphatic carbocycles. The molecule has 0 saturated heterocycles. The Morgan fingerprint density at radius 1 is 1.50 bits per heavy atom. The van der Waals surface area contributed by atoms with Crippen LogP contribution >= 0.6 is 0 Å². The minimum Gasteiger partial charge on any atom is -0.380 e. The zero-order valence-corrected chi connectivity index (χ0v) is 8.84. The number of carbonyl (C=O) groups excluding carboxylic acids is 1. The number of rotatable bonds is 8. The van der Waals surface area contributed by atoms with Crippen molar-refractivity contribution in [2.75, 3.05) is 32.8 Å². The molecule has 1 aliphatic rings. The molecule has 82 valence electrons. The molecule has 14 heavy (non-hydrogen) atoms. The van der Waals surface area contributed by atoms with Crippen LogP contribution in [0, 0.1) is 5.92 Å². The summed E-state index contributed by atoms with van der Waals surface area (Å²) < 4.78 is 5.10. The van der Waals surface area contributed by atoms with Crippen molar-refractivity contribution in [3.8, 4) is 0 Å². The highest BCUT2D eigenvalue weighted by Gasteiger charge is 2.20. The second kappa shape index (κ2) is 6.79. The molecule has 0 aliphatic heterocycles. The summed E-state index contributed by atoms with van der Waals surface area (Å²) in [4.78, 5) is 11.2. The van der Waals surface area contributed by atoms with Crippen molar-refractivity contribution < 1.29 is 9.53 Å². The van der Waals surface area contributed by atoms with Gasteiger partial charge in [-0.1, -0.05) is 0 Å². The Morgan fingerprint density at radius 3 is 2.93 bits per heavy atom. The van der Waals surface area contributed by atoms with Crippen molar-refractivity contribution in [3.05, 3.63) is 0 Å². The number of nitrogens with one attached hydrogen (secondary N) is 2. The Hall–Kier alpha value is -0.610. The lowest BCUT2D eigenvalue weighted by atomic mass is 10.4. The second-order valence-corrected chi connectivity index (χ2v) is 3.62. The van der Waals surface area contributed by atoms with Crippen LogP contribution in [0.25, 0.3) is 0 Å². The molecule has 0 aromatic carbocycles. The van der Waals surface area contributed by atoms with Crippen LogP contribution in [0.15, 0.2) is 0 Å². The second-order valence-electron chi connectivity index (χ2n) is 3.62. The Labute approximate surface area is 85.4 Å². The molecule has 0 aromatic heterocycles. The molecular weight excluding hydrogens is 180 g/mol. The van der Waals surface area contributed by atoms with Gasteiger partial charge in [0.1, 0.15) is 0 Å². The van der Waals surface area contributed by atoms with Gasteiger partial charge in [-0.15, -0.1) is 0 Å². The highest BCUT2D eigenvalue weighted by molar-refractivity contribution is 5.77. The highest BCUT2D eigenvalue weighted by atomic mass is 16.5. The minimum absolute atomic E-state index is 0.0605. The lowest BCUT2D eigenvalue weighted by Gasteiger charge is -2.05. The third-order valence-corrected chi connectivity index (χ3v) is 2.19. The summed E-state index contributed by atoms with van der Waals surface area (Å²) in [5.74, 6) is 0.886. The van der Waals surface area contributed by atoms with Crippen molar-refractivity contribution >= 4 is 5.91 Å². The van der Waals surface area contributed by atoms with Crippen molar-refractivity contribution in [2.45, 2.75) is 19.8 Å². The van der Waals surface area contributed by atoms with E-state index in [1.165, 1.54) is 12.8 Å². The van der Waals surface area contributed by atoms with Crippen LogP contribution in [0.5, 0.6) is 0 Å². The summed E-state index contributed by atoms with van der Waals surface area (Å²) in [7, 11) is 0. The van der Waals surface area contributed by atoms with Crippen LogP contribution in [0.4, 0.5) is 0 Å². The first kappa shape index (κ1) is 11.5. The van der Waals surface area contributed by atoms with E-state index >= 15 is 0 Å². The third-order valence-electron chi connectivity index (χ3n) is 2.19.